The zero-order valence-electron chi connectivity index (χ0n) is 11.0. The average molecular weight is 269 g/mol. The second kappa shape index (κ2) is 5.57. The quantitative estimate of drug-likeness (QED) is 0.660. The van der Waals surface area contributed by atoms with E-state index in [0.29, 0.717) is 22.4 Å². The van der Waals surface area contributed by atoms with Gasteiger partial charge >= 0.3 is 5.97 Å². The number of aliphatic carboxylic acids is 1. The summed E-state index contributed by atoms with van der Waals surface area (Å²) in [6.07, 6.45) is 0. The van der Waals surface area contributed by atoms with Crippen LogP contribution in [0.2, 0.25) is 0 Å². The number of carboxylic acid groups (broad SMARTS) is 1. The number of carboxylic acids is 1. The Kier molecular flexibility index (Phi) is 3.84. The molecule has 20 heavy (non-hydrogen) atoms. The van der Waals surface area contributed by atoms with Crippen LogP contribution in [0.15, 0.2) is 48.5 Å². The van der Waals surface area contributed by atoms with Gasteiger partial charge in [0.25, 0.3) is 0 Å². The zero-order valence-corrected chi connectivity index (χ0v) is 11.0. The predicted molar refractivity (Wildman–Crippen MR) is 76.8 cm³/mol. The van der Waals surface area contributed by atoms with Crippen LogP contribution >= 0.6 is 0 Å². The van der Waals surface area contributed by atoms with E-state index in [-0.39, 0.29) is 5.78 Å². The van der Waals surface area contributed by atoms with Crippen LogP contribution in [0.25, 0.3) is 0 Å². The Morgan fingerprint density at radius 2 is 1.80 bits per heavy atom. The number of carbonyl (C=O) groups is 2. The zero-order chi connectivity index (χ0) is 14.7. The van der Waals surface area contributed by atoms with Crippen molar-refractivity contribution in [1.82, 2.24) is 0 Å². The Morgan fingerprint density at radius 3 is 2.45 bits per heavy atom. The van der Waals surface area contributed by atoms with Gasteiger partial charge in [0.15, 0.2) is 5.78 Å². The highest BCUT2D eigenvalue weighted by molar-refractivity contribution is 6.12. The first-order chi connectivity index (χ1) is 9.50. The highest BCUT2D eigenvalue weighted by Crippen LogP contribution is 2.21. The minimum atomic E-state index is -0.922. The van der Waals surface area contributed by atoms with Gasteiger partial charge in [-0.2, -0.15) is 0 Å². The number of ketones is 1. The van der Waals surface area contributed by atoms with Crippen molar-refractivity contribution in [2.75, 3.05) is 5.73 Å². The fourth-order valence-electron chi connectivity index (χ4n) is 1.95. The summed E-state index contributed by atoms with van der Waals surface area (Å²) in [6.45, 7) is 1.59. The smallest absolute Gasteiger partial charge is 0.310 e. The number of hydrogen-bond acceptors (Lipinski definition) is 3. The number of benzene rings is 2. The van der Waals surface area contributed by atoms with E-state index in [0.717, 1.165) is 0 Å². The van der Waals surface area contributed by atoms with Crippen LogP contribution in [0.4, 0.5) is 5.69 Å². The van der Waals surface area contributed by atoms with E-state index in [4.69, 9.17) is 10.8 Å². The molecular formula is C16H15NO3. The Balaban J connectivity index is 2.39. The number of rotatable bonds is 4. The number of nitrogen functional groups attached to an aromatic ring is 1. The van der Waals surface area contributed by atoms with Crippen molar-refractivity contribution in [1.29, 1.82) is 0 Å². The lowest BCUT2D eigenvalue weighted by Gasteiger charge is -2.09. The number of carbonyl (C=O) groups excluding carboxylic acids is 1. The second-order valence-electron chi connectivity index (χ2n) is 4.60. The summed E-state index contributed by atoms with van der Waals surface area (Å²) in [4.78, 5) is 23.4. The van der Waals surface area contributed by atoms with Gasteiger partial charge < -0.3 is 10.8 Å². The molecule has 0 aliphatic heterocycles. The van der Waals surface area contributed by atoms with E-state index in [1.54, 1.807) is 55.5 Å². The van der Waals surface area contributed by atoms with Crippen molar-refractivity contribution in [2.24, 2.45) is 0 Å². The first kappa shape index (κ1) is 13.8. The molecule has 0 heterocycles. The topological polar surface area (TPSA) is 80.4 Å². The van der Waals surface area contributed by atoms with Gasteiger partial charge in [-0.1, -0.05) is 30.3 Å². The third-order valence-electron chi connectivity index (χ3n) is 3.22. The van der Waals surface area contributed by atoms with E-state index in [1.807, 2.05) is 0 Å². The van der Waals surface area contributed by atoms with E-state index < -0.39 is 11.9 Å². The fourth-order valence-corrected chi connectivity index (χ4v) is 1.95. The number of anilines is 1. The van der Waals surface area contributed by atoms with Crippen molar-refractivity contribution in [3.63, 3.8) is 0 Å². The standard InChI is InChI=1S/C16H15NO3/c1-10(16(19)20)11-5-4-6-12(9-11)15(18)13-7-2-3-8-14(13)17/h2-10H,17H2,1H3,(H,19,20). The third kappa shape index (κ3) is 2.69. The minimum Gasteiger partial charge on any atom is -0.481 e. The number of para-hydroxylation sites is 1. The molecule has 3 N–H and O–H groups in total. The molecule has 0 fully saturated rings. The Labute approximate surface area is 116 Å². The first-order valence-electron chi connectivity index (χ1n) is 6.22. The molecule has 2 rings (SSSR count). The molecule has 0 aliphatic rings. The molecule has 1 unspecified atom stereocenters. The second-order valence-corrected chi connectivity index (χ2v) is 4.60. The van der Waals surface area contributed by atoms with Gasteiger partial charge in [0.05, 0.1) is 5.92 Å². The van der Waals surface area contributed by atoms with Gasteiger partial charge in [-0.15, -0.1) is 0 Å². The minimum absolute atomic E-state index is 0.206. The first-order valence-corrected chi connectivity index (χ1v) is 6.22. The molecule has 0 aromatic heterocycles. The highest BCUT2D eigenvalue weighted by Gasteiger charge is 2.17. The van der Waals surface area contributed by atoms with Gasteiger partial charge in [0, 0.05) is 16.8 Å². The van der Waals surface area contributed by atoms with E-state index in [9.17, 15) is 9.59 Å². The molecule has 0 amide bonds. The maximum absolute atomic E-state index is 12.4. The van der Waals surface area contributed by atoms with Crippen molar-refractivity contribution < 1.29 is 14.7 Å². The van der Waals surface area contributed by atoms with Gasteiger partial charge in [0.2, 0.25) is 0 Å². The van der Waals surface area contributed by atoms with Crippen molar-refractivity contribution in [3.8, 4) is 0 Å². The van der Waals surface area contributed by atoms with Crippen LogP contribution in [-0.2, 0) is 4.79 Å². The highest BCUT2D eigenvalue weighted by atomic mass is 16.4. The summed E-state index contributed by atoms with van der Waals surface area (Å²) in [5, 5.41) is 9.02. The molecule has 0 saturated carbocycles. The third-order valence-corrected chi connectivity index (χ3v) is 3.22. The summed E-state index contributed by atoms with van der Waals surface area (Å²) in [6, 6.07) is 13.5. The Hall–Kier alpha value is -2.62. The van der Waals surface area contributed by atoms with Crippen LogP contribution in [0.5, 0.6) is 0 Å². The molecule has 4 heteroatoms. The van der Waals surface area contributed by atoms with Crippen molar-refractivity contribution in [3.05, 3.63) is 65.2 Å². The molecule has 0 radical (unpaired) electrons. The van der Waals surface area contributed by atoms with Crippen LogP contribution in [-0.4, -0.2) is 16.9 Å². The average Bonchev–Trinajstić information content (AvgIpc) is 2.46. The summed E-state index contributed by atoms with van der Waals surface area (Å²) < 4.78 is 0. The fraction of sp³-hybridized carbons (Fsp3) is 0.125. The lowest BCUT2D eigenvalue weighted by Crippen LogP contribution is -2.10. The van der Waals surface area contributed by atoms with Crippen molar-refractivity contribution in [2.45, 2.75) is 12.8 Å². The van der Waals surface area contributed by atoms with Gasteiger partial charge in [0.1, 0.15) is 0 Å². The normalized spacial score (nSPS) is 11.8. The molecule has 0 bridgehead atoms. The number of nitrogens with two attached hydrogens (primary N) is 1. The van der Waals surface area contributed by atoms with Gasteiger partial charge in [-0.25, -0.2) is 0 Å². The molecule has 0 aliphatic carbocycles. The predicted octanol–water partition coefficient (Wildman–Crippen LogP) is 2.69. The number of hydrogen-bond donors (Lipinski definition) is 2. The van der Waals surface area contributed by atoms with Crippen molar-refractivity contribution >= 4 is 17.4 Å². The molecular weight excluding hydrogens is 254 g/mol. The molecule has 1 atom stereocenters. The summed E-state index contributed by atoms with van der Waals surface area (Å²) in [5.41, 5.74) is 7.66. The largest absolute Gasteiger partial charge is 0.481 e. The lowest BCUT2D eigenvalue weighted by atomic mass is 9.95. The van der Waals surface area contributed by atoms with E-state index in [1.165, 1.54) is 0 Å². The molecule has 0 spiro atoms. The van der Waals surface area contributed by atoms with Gasteiger partial charge in [-0.3, -0.25) is 9.59 Å². The maximum Gasteiger partial charge on any atom is 0.310 e. The molecule has 0 saturated heterocycles. The SMILES string of the molecule is CC(C(=O)O)c1cccc(C(=O)c2ccccc2N)c1. The monoisotopic (exact) mass is 269 g/mol. The molecule has 102 valence electrons. The maximum atomic E-state index is 12.4. The molecule has 2 aromatic carbocycles. The van der Waals surface area contributed by atoms with E-state index >= 15 is 0 Å². The Morgan fingerprint density at radius 1 is 1.10 bits per heavy atom. The Bertz CT molecular complexity index is 664. The summed E-state index contributed by atoms with van der Waals surface area (Å²) in [7, 11) is 0. The van der Waals surface area contributed by atoms with Crippen LogP contribution < -0.4 is 5.73 Å². The van der Waals surface area contributed by atoms with Crippen LogP contribution in [0.3, 0.4) is 0 Å². The lowest BCUT2D eigenvalue weighted by molar-refractivity contribution is -0.138. The molecule has 2 aromatic rings. The molecule has 4 nitrogen and oxygen atoms in total. The van der Waals surface area contributed by atoms with Crippen LogP contribution in [0, 0.1) is 0 Å². The summed E-state index contributed by atoms with van der Waals surface area (Å²) in [5.74, 6) is -1.78. The van der Waals surface area contributed by atoms with E-state index in [2.05, 4.69) is 0 Å². The summed E-state index contributed by atoms with van der Waals surface area (Å²) >= 11 is 0. The van der Waals surface area contributed by atoms with Crippen LogP contribution in [0.1, 0.15) is 34.3 Å². The van der Waals surface area contributed by atoms with Gasteiger partial charge in [-0.05, 0) is 30.7 Å².